The molecule has 5 atom stereocenters. The number of hydrogen-bond acceptors (Lipinski definition) is 6. The average molecular weight is 744 g/mol. The van der Waals surface area contributed by atoms with Gasteiger partial charge in [0.2, 0.25) is 14.3 Å². The van der Waals surface area contributed by atoms with Gasteiger partial charge in [-0.25, -0.2) is 0 Å². The van der Waals surface area contributed by atoms with E-state index in [0.717, 1.165) is 42.5 Å². The molecule has 2 saturated heterocycles. The van der Waals surface area contributed by atoms with Crippen LogP contribution in [0.4, 0.5) is 15.5 Å². The third-order valence-corrected chi connectivity index (χ3v) is 13.9. The summed E-state index contributed by atoms with van der Waals surface area (Å²) in [6.45, 7) is 6.56. The maximum atomic E-state index is 16.4. The number of aryl methyl sites for hydroxylation is 1. The van der Waals surface area contributed by atoms with Crippen LogP contribution in [0.1, 0.15) is 73.8 Å². The van der Waals surface area contributed by atoms with E-state index >= 15 is 4.11 Å². The second-order valence-electron chi connectivity index (χ2n) is 15.0. The predicted molar refractivity (Wildman–Crippen MR) is 203 cm³/mol. The number of halogens is 2. The number of fused-ring (bicyclic) bond motifs is 2. The van der Waals surface area contributed by atoms with Crippen molar-refractivity contribution in [2.75, 3.05) is 23.0 Å². The van der Waals surface area contributed by atoms with E-state index in [4.69, 9.17) is 16.3 Å². The van der Waals surface area contributed by atoms with E-state index in [9.17, 15) is 14.7 Å². The van der Waals surface area contributed by atoms with Gasteiger partial charge in [-0.15, -0.1) is 5.10 Å². The molecule has 1 spiro atoms. The highest BCUT2D eigenvalue weighted by Crippen LogP contribution is 2.60. The summed E-state index contributed by atoms with van der Waals surface area (Å²) in [7, 11) is -3.39. The molecule has 1 aromatic heterocycles. The first kappa shape index (κ1) is 36.5. The highest BCUT2D eigenvalue weighted by molar-refractivity contribution is 6.72. The molecule has 12 heteroatoms. The molecule has 1 unspecified atom stereocenters. The van der Waals surface area contributed by atoms with Gasteiger partial charge in [0, 0.05) is 53.4 Å². The van der Waals surface area contributed by atoms with Crippen LogP contribution in [0.2, 0.25) is 23.7 Å². The normalized spacial score (nSPS) is 24.3. The Labute approximate surface area is 310 Å². The van der Waals surface area contributed by atoms with Gasteiger partial charge in [-0.1, -0.05) is 79.0 Å². The first-order valence-electron chi connectivity index (χ1n) is 18.4. The fourth-order valence-electron chi connectivity index (χ4n) is 8.78. The average Bonchev–Trinajstić information content (AvgIpc) is 3.77. The van der Waals surface area contributed by atoms with Crippen molar-refractivity contribution in [1.29, 1.82) is 0 Å². The molecule has 3 aliphatic heterocycles. The lowest BCUT2D eigenvalue weighted by Crippen LogP contribution is -2.45. The van der Waals surface area contributed by atoms with Crippen molar-refractivity contribution < 1.29 is 23.5 Å². The van der Waals surface area contributed by atoms with Gasteiger partial charge in [0.25, 0.3) is 5.91 Å². The molecule has 1 N–H and O–H groups in total. The van der Waals surface area contributed by atoms with E-state index in [1.54, 1.807) is 34.8 Å². The van der Waals surface area contributed by atoms with Crippen LogP contribution in [0.25, 0.3) is 0 Å². The number of amides is 2. The number of aliphatic hydroxyl groups excluding tert-OH is 1. The molecule has 3 aliphatic rings. The van der Waals surface area contributed by atoms with Crippen molar-refractivity contribution in [1.82, 2.24) is 15.0 Å². The van der Waals surface area contributed by atoms with Crippen LogP contribution in [0.15, 0.2) is 79.0 Å². The smallest absolute Gasteiger partial charge is 0.264 e. The minimum absolute atomic E-state index is 0.112. The third kappa shape index (κ3) is 6.84. The van der Waals surface area contributed by atoms with Gasteiger partial charge in [0.15, 0.2) is 5.60 Å². The third-order valence-electron chi connectivity index (χ3n) is 11.2. The number of aromatic nitrogens is 3. The van der Waals surface area contributed by atoms with E-state index < -0.39 is 31.6 Å². The van der Waals surface area contributed by atoms with E-state index in [1.165, 1.54) is 0 Å². The van der Waals surface area contributed by atoms with Crippen molar-refractivity contribution in [3.63, 3.8) is 0 Å². The summed E-state index contributed by atoms with van der Waals surface area (Å²) in [5.74, 6) is -0.883. The lowest BCUT2D eigenvalue weighted by Gasteiger charge is -2.31. The van der Waals surface area contributed by atoms with Crippen molar-refractivity contribution in [2.24, 2.45) is 5.92 Å². The number of nitrogens with zero attached hydrogens (tertiary/aromatic N) is 5. The van der Waals surface area contributed by atoms with Gasteiger partial charge in [0.05, 0.1) is 36.6 Å². The van der Waals surface area contributed by atoms with E-state index in [1.807, 2.05) is 78.7 Å². The molecule has 274 valence electrons. The maximum absolute atomic E-state index is 16.4. The molecule has 2 amide bonds. The van der Waals surface area contributed by atoms with Crippen LogP contribution in [0, 0.1) is 5.92 Å². The van der Waals surface area contributed by atoms with Gasteiger partial charge in [-0.3, -0.25) is 14.3 Å². The van der Waals surface area contributed by atoms with Crippen LogP contribution in [0.3, 0.4) is 0 Å². The zero-order valence-electron chi connectivity index (χ0n) is 30.0. The fourth-order valence-corrected chi connectivity index (χ4v) is 11.5. The summed E-state index contributed by atoms with van der Waals surface area (Å²) in [4.78, 5) is 31.6. The molecule has 3 aromatic carbocycles. The number of benzene rings is 3. The summed E-state index contributed by atoms with van der Waals surface area (Å²) in [5, 5.41) is 19.3. The molecule has 0 saturated carbocycles. The maximum Gasteiger partial charge on any atom is 0.264 e. The van der Waals surface area contributed by atoms with Crippen LogP contribution in [-0.2, 0) is 33.0 Å². The van der Waals surface area contributed by atoms with E-state index in [2.05, 4.69) is 10.3 Å². The van der Waals surface area contributed by atoms with Crippen molar-refractivity contribution in [3.05, 3.63) is 106 Å². The summed E-state index contributed by atoms with van der Waals surface area (Å²) < 4.78 is 25.1. The van der Waals surface area contributed by atoms with Crippen LogP contribution in [-0.4, -0.2) is 59.6 Å². The van der Waals surface area contributed by atoms with Gasteiger partial charge >= 0.3 is 0 Å². The Morgan fingerprint density at radius 2 is 1.83 bits per heavy atom. The fraction of sp³-hybridized carbons (Fsp3) is 0.450. The molecule has 4 aromatic rings. The Kier molecular flexibility index (Phi) is 10.4. The second kappa shape index (κ2) is 14.8. The molecule has 0 aliphatic carbocycles. The minimum atomic E-state index is -3.39. The lowest BCUT2D eigenvalue weighted by molar-refractivity contribution is -0.146. The van der Waals surface area contributed by atoms with Gasteiger partial charge < -0.3 is 23.8 Å². The number of ether oxygens (including phenoxy) is 1. The quantitative estimate of drug-likeness (QED) is 0.132. The molecular formula is C40H47ClFN5O4Si. The number of carbonyl (C=O) groups excluding carboxylic acids is 2. The highest BCUT2D eigenvalue weighted by atomic mass is 35.5. The van der Waals surface area contributed by atoms with Gasteiger partial charge in [-0.2, -0.15) is 0 Å². The minimum Gasteiger partial charge on any atom is -0.395 e. The number of hydrogen-bond donors (Lipinski definition) is 1. The zero-order chi connectivity index (χ0) is 36.6. The van der Waals surface area contributed by atoms with Crippen molar-refractivity contribution >= 4 is 43.2 Å². The Bertz CT molecular complexity index is 1920. The summed E-state index contributed by atoms with van der Waals surface area (Å²) in [6.07, 6.45) is 6.25. The Morgan fingerprint density at radius 1 is 1.04 bits per heavy atom. The Hall–Kier alpha value is -3.90. The zero-order valence-corrected chi connectivity index (χ0v) is 31.8. The molecule has 0 radical (unpaired) electrons. The highest BCUT2D eigenvalue weighted by Gasteiger charge is 2.66. The summed E-state index contributed by atoms with van der Waals surface area (Å²) in [6, 6.07) is 23.0. The number of rotatable bonds is 10. The summed E-state index contributed by atoms with van der Waals surface area (Å²) in [5.41, 5.74) is 2.77. The predicted octanol–water partition coefficient (Wildman–Crippen LogP) is 7.76. The first-order chi connectivity index (χ1) is 25.0. The number of carbonyl (C=O) groups is 2. The van der Waals surface area contributed by atoms with E-state index in [0.29, 0.717) is 47.9 Å². The molecular weight excluding hydrogens is 697 g/mol. The molecule has 7 rings (SSSR count). The lowest BCUT2D eigenvalue weighted by atomic mass is 9.82. The first-order valence-corrected chi connectivity index (χ1v) is 21.8. The van der Waals surface area contributed by atoms with Gasteiger partial charge in [0.1, 0.15) is 0 Å². The van der Waals surface area contributed by atoms with E-state index in [-0.39, 0.29) is 30.9 Å². The second-order valence-corrected chi connectivity index (χ2v) is 19.3. The summed E-state index contributed by atoms with van der Waals surface area (Å²) >= 11 is 6.60. The molecule has 9 nitrogen and oxygen atoms in total. The topological polar surface area (TPSA) is 101 Å². The SMILES string of the molecule is C[C@H]1[C@H]([Si](C)(C)F)[C@@H](CCn2cc(C(CO)c3ccccc3)nn2)O[C@]12C(=O)N(Cc1cccc(N3CCCCCCC3=O)c1)c1ccc(Cl)cc12. The molecule has 52 heavy (non-hydrogen) atoms. The Balaban J connectivity index is 1.16. The monoisotopic (exact) mass is 743 g/mol. The van der Waals surface area contributed by atoms with Crippen molar-refractivity contribution in [2.45, 2.75) is 94.8 Å². The Morgan fingerprint density at radius 3 is 2.60 bits per heavy atom. The number of anilines is 2. The molecule has 0 bridgehead atoms. The molecule has 4 heterocycles. The number of aliphatic hydroxyl groups is 1. The molecule has 2 fully saturated rings. The van der Waals surface area contributed by atoms with Gasteiger partial charge in [-0.05, 0) is 73.8 Å². The standard InChI is InChI=1S/C40H47ClFN5O4Si/c1-27-38(52(2,3)42)36(19-21-45-25-34(43-44-45)32(26-48)29-13-7-6-8-14-29)51-40(27)33-23-30(41)17-18-35(33)47(39(40)50)24-28-12-11-15-31(22-28)46-20-10-5-4-9-16-37(46)49/h6-8,11-15,17-18,22-23,25,27,32,36,38,48H,4-5,9-10,16,19-21,24,26H2,1-3H3/t27-,32?,36+,38-,40+/m0/s1. The van der Waals surface area contributed by atoms with Crippen molar-refractivity contribution in [3.8, 4) is 0 Å². The van der Waals surface area contributed by atoms with Crippen LogP contribution < -0.4 is 9.80 Å². The van der Waals surface area contributed by atoms with Crippen LogP contribution >= 0.6 is 11.6 Å². The van der Waals surface area contributed by atoms with Crippen LogP contribution in [0.5, 0.6) is 0 Å². The largest absolute Gasteiger partial charge is 0.395 e.